The summed E-state index contributed by atoms with van der Waals surface area (Å²) >= 11 is 1.71. The van der Waals surface area contributed by atoms with E-state index in [4.69, 9.17) is 15.5 Å². The Morgan fingerprint density at radius 2 is 1.97 bits per heavy atom. The van der Waals surface area contributed by atoms with Crippen LogP contribution in [0, 0.1) is 0 Å². The van der Waals surface area contributed by atoms with E-state index in [9.17, 15) is 4.79 Å². The largest absolute Gasteiger partial charge is 0.379 e. The van der Waals surface area contributed by atoms with Gasteiger partial charge in [0.05, 0.1) is 29.1 Å². The lowest BCUT2D eigenvalue weighted by Crippen LogP contribution is -2.37. The van der Waals surface area contributed by atoms with Crippen molar-refractivity contribution in [3.8, 4) is 11.3 Å². The maximum Gasteiger partial charge on any atom is 0.316 e. The molecule has 7 nitrogen and oxygen atoms in total. The lowest BCUT2D eigenvalue weighted by molar-refractivity contribution is 0.0384. The highest BCUT2D eigenvalue weighted by atomic mass is 32.1. The number of primary amides is 1. The summed E-state index contributed by atoms with van der Waals surface area (Å²) in [5, 5.41) is 2.57. The average molecular weight is 422 g/mol. The summed E-state index contributed by atoms with van der Waals surface area (Å²) in [4.78, 5) is 19.2. The van der Waals surface area contributed by atoms with Crippen LogP contribution in [0.25, 0.3) is 26.4 Å². The van der Waals surface area contributed by atoms with Crippen molar-refractivity contribution in [3.05, 3.63) is 54.2 Å². The first kappa shape index (κ1) is 19.0. The smallest absolute Gasteiger partial charge is 0.316 e. The number of fused-ring (bicyclic) bond motifs is 3. The van der Waals surface area contributed by atoms with Crippen LogP contribution >= 0.6 is 11.3 Å². The normalized spacial score (nSPS) is 15.1. The summed E-state index contributed by atoms with van der Waals surface area (Å²) in [7, 11) is 0. The first-order valence-corrected chi connectivity index (χ1v) is 10.8. The fourth-order valence-corrected chi connectivity index (χ4v) is 4.89. The molecule has 0 radical (unpaired) electrons. The molecule has 2 amide bonds. The highest BCUT2D eigenvalue weighted by Gasteiger charge is 2.13. The van der Waals surface area contributed by atoms with Crippen LogP contribution in [0.3, 0.4) is 0 Å². The predicted octanol–water partition coefficient (Wildman–Crippen LogP) is 3.58. The minimum atomic E-state index is -0.568. The van der Waals surface area contributed by atoms with Crippen LogP contribution in [0.15, 0.2) is 48.7 Å². The molecule has 1 aliphatic heterocycles. The number of aromatic nitrogens is 2. The topological polar surface area (TPSA) is 84.9 Å². The third-order valence-corrected chi connectivity index (χ3v) is 6.44. The summed E-state index contributed by atoms with van der Waals surface area (Å²) in [5.74, 6) is 0. The number of nitrogens with one attached hydrogen (secondary N) is 1. The Morgan fingerprint density at radius 1 is 1.17 bits per heavy atom. The average Bonchev–Trinajstić information content (AvgIpc) is 3.31. The molecule has 1 fully saturated rings. The van der Waals surface area contributed by atoms with E-state index in [-0.39, 0.29) is 0 Å². The summed E-state index contributed by atoms with van der Waals surface area (Å²) in [5.41, 5.74) is 10.3. The van der Waals surface area contributed by atoms with Crippen molar-refractivity contribution >= 4 is 38.2 Å². The zero-order valence-corrected chi connectivity index (χ0v) is 17.3. The van der Waals surface area contributed by atoms with Crippen molar-refractivity contribution in [3.63, 3.8) is 0 Å². The van der Waals surface area contributed by atoms with Crippen LogP contribution in [-0.4, -0.2) is 53.2 Å². The number of nitrogens with two attached hydrogens (primary N) is 1. The van der Waals surface area contributed by atoms with Crippen LogP contribution in [0.4, 0.5) is 10.5 Å². The van der Waals surface area contributed by atoms with Crippen LogP contribution in [0.1, 0.15) is 5.56 Å². The Bertz CT molecular complexity index is 1190. The fraction of sp³-hybridized carbons (Fsp3) is 0.273. The molecule has 30 heavy (non-hydrogen) atoms. The molecule has 0 unspecified atom stereocenters. The number of anilines is 1. The van der Waals surface area contributed by atoms with Gasteiger partial charge in [0.25, 0.3) is 0 Å². The summed E-state index contributed by atoms with van der Waals surface area (Å²) in [6.07, 6.45) is 3.12. The van der Waals surface area contributed by atoms with E-state index in [2.05, 4.69) is 39.0 Å². The Kier molecular flexibility index (Phi) is 5.12. The molecule has 4 aromatic rings. The van der Waals surface area contributed by atoms with Crippen molar-refractivity contribution in [2.24, 2.45) is 5.73 Å². The van der Waals surface area contributed by atoms with Crippen LogP contribution < -0.4 is 11.1 Å². The number of urea groups is 1. The second-order valence-electron chi connectivity index (χ2n) is 7.45. The minimum absolute atomic E-state index is 0.568. The molecule has 2 aromatic heterocycles. The molecule has 154 valence electrons. The molecule has 0 aliphatic carbocycles. The van der Waals surface area contributed by atoms with Gasteiger partial charge < -0.3 is 15.8 Å². The molecule has 1 aliphatic rings. The molecular weight excluding hydrogens is 398 g/mol. The molecule has 8 heteroatoms. The van der Waals surface area contributed by atoms with E-state index >= 15 is 0 Å². The van der Waals surface area contributed by atoms with Crippen molar-refractivity contribution in [1.82, 2.24) is 14.3 Å². The highest BCUT2D eigenvalue weighted by Crippen LogP contribution is 2.30. The summed E-state index contributed by atoms with van der Waals surface area (Å²) in [6.45, 7) is 4.80. The van der Waals surface area contributed by atoms with E-state index in [1.165, 1.54) is 15.8 Å². The highest BCUT2D eigenvalue weighted by molar-refractivity contribution is 7.23. The van der Waals surface area contributed by atoms with E-state index in [1.54, 1.807) is 11.3 Å². The third kappa shape index (κ3) is 3.89. The van der Waals surface area contributed by atoms with Crippen molar-refractivity contribution < 1.29 is 9.53 Å². The number of imidazole rings is 1. The Labute approximate surface area is 178 Å². The van der Waals surface area contributed by atoms with Crippen molar-refractivity contribution in [1.29, 1.82) is 0 Å². The molecule has 1 saturated heterocycles. The van der Waals surface area contributed by atoms with E-state index in [0.717, 1.165) is 55.5 Å². The van der Waals surface area contributed by atoms with Crippen molar-refractivity contribution in [2.75, 3.05) is 38.2 Å². The summed E-state index contributed by atoms with van der Waals surface area (Å²) < 4.78 is 8.83. The number of rotatable bonds is 5. The van der Waals surface area contributed by atoms with E-state index in [0.29, 0.717) is 5.69 Å². The number of carbonyl (C=O) groups is 1. The number of nitrogens with zero attached hydrogens (tertiary/aromatic N) is 3. The standard InChI is InChI=1S/C22H23N5O2S/c23-21(28)24-17-4-2-16(3-5-17)18-14-27-19-6-1-15(13-20(19)30-22(27)25-18)7-8-26-9-11-29-12-10-26/h1-6,13-14H,7-12H2,(H3,23,24,28). The molecule has 2 aromatic carbocycles. The van der Waals surface area contributed by atoms with Gasteiger partial charge in [0, 0.05) is 37.1 Å². The second-order valence-corrected chi connectivity index (χ2v) is 8.46. The van der Waals surface area contributed by atoms with Gasteiger partial charge in [-0.25, -0.2) is 9.78 Å². The number of hydrogen-bond acceptors (Lipinski definition) is 5. The molecule has 0 bridgehead atoms. The Balaban J connectivity index is 1.35. The predicted molar refractivity (Wildman–Crippen MR) is 120 cm³/mol. The molecule has 3 heterocycles. The molecule has 0 spiro atoms. The maximum atomic E-state index is 11.0. The molecule has 0 saturated carbocycles. The van der Waals surface area contributed by atoms with Gasteiger partial charge in [-0.05, 0) is 36.2 Å². The number of amides is 2. The Morgan fingerprint density at radius 3 is 2.73 bits per heavy atom. The number of hydrogen-bond donors (Lipinski definition) is 2. The molecule has 3 N–H and O–H groups in total. The number of carbonyl (C=O) groups excluding carboxylic acids is 1. The third-order valence-electron chi connectivity index (χ3n) is 5.43. The molecular formula is C22H23N5O2S. The number of thiazole rings is 1. The fourth-order valence-electron chi connectivity index (χ4n) is 3.82. The monoisotopic (exact) mass is 421 g/mol. The van der Waals surface area contributed by atoms with Crippen LogP contribution in [-0.2, 0) is 11.2 Å². The second kappa shape index (κ2) is 8.06. The van der Waals surface area contributed by atoms with Gasteiger partial charge in [0.2, 0.25) is 0 Å². The molecule has 0 atom stereocenters. The number of ether oxygens (including phenoxy) is 1. The van der Waals surface area contributed by atoms with Gasteiger partial charge in [0.15, 0.2) is 4.96 Å². The van der Waals surface area contributed by atoms with Gasteiger partial charge in [-0.2, -0.15) is 0 Å². The quantitative estimate of drug-likeness (QED) is 0.516. The van der Waals surface area contributed by atoms with Crippen LogP contribution in [0.5, 0.6) is 0 Å². The van der Waals surface area contributed by atoms with Gasteiger partial charge in [-0.15, -0.1) is 0 Å². The van der Waals surface area contributed by atoms with E-state index in [1.807, 2.05) is 24.3 Å². The lowest BCUT2D eigenvalue weighted by Gasteiger charge is -2.26. The minimum Gasteiger partial charge on any atom is -0.379 e. The first-order chi connectivity index (χ1) is 14.7. The number of morpholine rings is 1. The van der Waals surface area contributed by atoms with Gasteiger partial charge in [-0.3, -0.25) is 9.30 Å². The van der Waals surface area contributed by atoms with Gasteiger partial charge >= 0.3 is 6.03 Å². The maximum absolute atomic E-state index is 11.0. The van der Waals surface area contributed by atoms with Crippen molar-refractivity contribution in [2.45, 2.75) is 6.42 Å². The van der Waals surface area contributed by atoms with Gasteiger partial charge in [-0.1, -0.05) is 29.5 Å². The first-order valence-electron chi connectivity index (χ1n) is 10.0. The summed E-state index contributed by atoms with van der Waals surface area (Å²) in [6, 6.07) is 13.7. The number of benzene rings is 2. The molecule has 5 rings (SSSR count). The van der Waals surface area contributed by atoms with Crippen LogP contribution in [0.2, 0.25) is 0 Å². The zero-order valence-electron chi connectivity index (χ0n) is 16.5. The van der Waals surface area contributed by atoms with Gasteiger partial charge in [0.1, 0.15) is 0 Å². The lowest BCUT2D eigenvalue weighted by atomic mass is 10.1. The van der Waals surface area contributed by atoms with E-state index < -0.39 is 6.03 Å². The SMILES string of the molecule is NC(=O)Nc1ccc(-c2cn3c(n2)sc2cc(CCN4CCOCC4)ccc23)cc1. The Hall–Kier alpha value is -2.94. The zero-order chi connectivity index (χ0) is 20.5.